The number of carbonyl (C=O) groups is 3. The van der Waals surface area contributed by atoms with Crippen LogP contribution in [0.5, 0.6) is 0 Å². The molecule has 0 aromatic heterocycles. The summed E-state index contributed by atoms with van der Waals surface area (Å²) in [5.74, 6) is -2.85. The van der Waals surface area contributed by atoms with Crippen molar-refractivity contribution in [3.8, 4) is 0 Å². The normalized spacial score (nSPS) is 12.7. The Hall–Kier alpha value is -0.590. The van der Waals surface area contributed by atoms with Crippen molar-refractivity contribution < 1.29 is 58.5 Å². The van der Waals surface area contributed by atoms with Gasteiger partial charge in [-0.3, -0.25) is 4.79 Å². The number of carboxylic acid groups (broad SMARTS) is 1. The summed E-state index contributed by atoms with van der Waals surface area (Å²) in [5.41, 5.74) is 0. The van der Waals surface area contributed by atoms with Gasteiger partial charge in [-0.15, -0.1) is 0 Å². The minimum Gasteiger partial charge on any atom is -0.546 e. The Balaban J connectivity index is 0. The molecule has 0 fully saturated rings. The van der Waals surface area contributed by atoms with Gasteiger partial charge in [-0.1, -0.05) is 45.4 Å². The maximum absolute atomic E-state index is 11.6. The molecule has 0 saturated heterocycles. The maximum atomic E-state index is 11.6. The molecule has 0 rings (SSSR count). The van der Waals surface area contributed by atoms with E-state index in [9.17, 15) is 19.5 Å². The van der Waals surface area contributed by atoms with Crippen LogP contribution in [0.3, 0.4) is 0 Å². The van der Waals surface area contributed by atoms with Crippen LogP contribution in [-0.2, 0) is 23.9 Å². The fraction of sp³-hybridized carbons (Fsp3) is 0.812. The van der Waals surface area contributed by atoms with Gasteiger partial charge in [-0.2, -0.15) is 0 Å². The largest absolute Gasteiger partial charge is 1.00 e. The molecule has 6 nitrogen and oxygen atoms in total. The SMILES string of the molecule is CCCCCCCCCC(=O)OC(C)C(=O)OC(C)C(=O)[O-].[Na+]. The Morgan fingerprint density at radius 1 is 0.870 bits per heavy atom. The maximum Gasteiger partial charge on any atom is 1.00 e. The molecule has 0 aromatic carbocycles. The number of carbonyl (C=O) groups excluding carboxylic acids is 3. The van der Waals surface area contributed by atoms with E-state index in [1.807, 2.05) is 0 Å². The summed E-state index contributed by atoms with van der Waals surface area (Å²) >= 11 is 0. The molecule has 0 aliphatic carbocycles. The van der Waals surface area contributed by atoms with Gasteiger partial charge in [0.25, 0.3) is 0 Å². The van der Waals surface area contributed by atoms with E-state index in [-0.39, 0.29) is 36.0 Å². The zero-order valence-electron chi connectivity index (χ0n) is 14.8. The predicted octanol–water partition coefficient (Wildman–Crippen LogP) is -1.26. The summed E-state index contributed by atoms with van der Waals surface area (Å²) in [6, 6.07) is 0. The molecule has 0 radical (unpaired) electrons. The summed E-state index contributed by atoms with van der Waals surface area (Å²) in [7, 11) is 0. The minimum absolute atomic E-state index is 0. The number of esters is 2. The molecule has 0 saturated carbocycles. The molecule has 0 aliphatic rings. The Kier molecular flexibility index (Phi) is 16.0. The van der Waals surface area contributed by atoms with Crippen LogP contribution in [0.1, 0.15) is 72.1 Å². The Morgan fingerprint density at radius 2 is 1.39 bits per heavy atom. The molecule has 23 heavy (non-hydrogen) atoms. The van der Waals surface area contributed by atoms with Crippen LogP contribution in [0.25, 0.3) is 0 Å². The first-order chi connectivity index (χ1) is 10.4. The quantitative estimate of drug-likeness (QED) is 0.251. The molecule has 0 heterocycles. The van der Waals surface area contributed by atoms with Crippen LogP contribution >= 0.6 is 0 Å². The molecular weight excluding hydrogens is 311 g/mol. The van der Waals surface area contributed by atoms with Crippen LogP contribution in [0.15, 0.2) is 0 Å². The molecule has 7 heteroatoms. The Morgan fingerprint density at radius 3 is 1.91 bits per heavy atom. The third kappa shape index (κ3) is 13.5. The summed E-state index contributed by atoms with van der Waals surface area (Å²) in [6.45, 7) is 4.70. The zero-order chi connectivity index (χ0) is 17.0. The second-order valence-electron chi connectivity index (χ2n) is 5.40. The second-order valence-corrected chi connectivity index (χ2v) is 5.40. The third-order valence-corrected chi connectivity index (χ3v) is 3.25. The molecule has 128 valence electrons. The summed E-state index contributed by atoms with van der Waals surface area (Å²) < 4.78 is 9.49. The van der Waals surface area contributed by atoms with Crippen molar-refractivity contribution in [3.63, 3.8) is 0 Å². The molecule has 0 spiro atoms. The van der Waals surface area contributed by atoms with Crippen LogP contribution in [0.4, 0.5) is 0 Å². The molecule has 0 amide bonds. The van der Waals surface area contributed by atoms with Gasteiger partial charge < -0.3 is 19.4 Å². The fourth-order valence-electron chi connectivity index (χ4n) is 1.85. The minimum atomic E-state index is -1.49. The molecule has 0 aliphatic heterocycles. The van der Waals surface area contributed by atoms with E-state index in [2.05, 4.69) is 11.7 Å². The van der Waals surface area contributed by atoms with Crippen LogP contribution < -0.4 is 34.7 Å². The molecule has 0 bridgehead atoms. The molecule has 2 atom stereocenters. The van der Waals surface area contributed by atoms with Gasteiger partial charge >= 0.3 is 41.5 Å². The summed E-state index contributed by atoms with van der Waals surface area (Å²) in [5, 5.41) is 10.5. The predicted molar refractivity (Wildman–Crippen MR) is 78.7 cm³/mol. The topological polar surface area (TPSA) is 92.7 Å². The van der Waals surface area contributed by atoms with Gasteiger partial charge in [0.1, 0.15) is 6.10 Å². The van der Waals surface area contributed by atoms with Crippen molar-refractivity contribution in [3.05, 3.63) is 0 Å². The number of unbranched alkanes of at least 4 members (excludes halogenated alkanes) is 6. The van der Waals surface area contributed by atoms with Gasteiger partial charge in [0.05, 0.1) is 5.97 Å². The second kappa shape index (κ2) is 15.0. The number of carboxylic acids is 1. The van der Waals surface area contributed by atoms with Crippen molar-refractivity contribution in [2.45, 2.75) is 84.3 Å². The van der Waals surface area contributed by atoms with Gasteiger partial charge in [-0.05, 0) is 20.3 Å². The smallest absolute Gasteiger partial charge is 0.546 e. The van der Waals surface area contributed by atoms with Gasteiger partial charge in [0, 0.05) is 6.42 Å². The zero-order valence-corrected chi connectivity index (χ0v) is 16.8. The Bertz CT molecular complexity index is 358. The van der Waals surface area contributed by atoms with Gasteiger partial charge in [0.2, 0.25) is 0 Å². The first-order valence-corrected chi connectivity index (χ1v) is 7.99. The average molecular weight is 338 g/mol. The van der Waals surface area contributed by atoms with Gasteiger partial charge in [-0.25, -0.2) is 4.79 Å². The summed E-state index contributed by atoms with van der Waals surface area (Å²) in [4.78, 5) is 33.5. The monoisotopic (exact) mass is 338 g/mol. The van der Waals surface area contributed by atoms with E-state index in [4.69, 9.17) is 4.74 Å². The van der Waals surface area contributed by atoms with Gasteiger partial charge in [0.15, 0.2) is 6.10 Å². The number of hydrogen-bond acceptors (Lipinski definition) is 6. The third-order valence-electron chi connectivity index (χ3n) is 3.25. The van der Waals surface area contributed by atoms with Crippen LogP contribution in [-0.4, -0.2) is 30.1 Å². The fourth-order valence-corrected chi connectivity index (χ4v) is 1.85. The van der Waals surface area contributed by atoms with Crippen molar-refractivity contribution in [2.24, 2.45) is 0 Å². The van der Waals surface area contributed by atoms with Crippen molar-refractivity contribution in [1.29, 1.82) is 0 Å². The number of hydrogen-bond donors (Lipinski definition) is 0. The van der Waals surface area contributed by atoms with Crippen LogP contribution in [0, 0.1) is 0 Å². The first kappa shape index (κ1) is 24.7. The van der Waals surface area contributed by atoms with E-state index in [1.54, 1.807) is 0 Å². The number of ether oxygens (including phenoxy) is 2. The number of aliphatic carboxylic acids is 1. The molecular formula is C16H27NaO6. The first-order valence-electron chi connectivity index (χ1n) is 7.99. The van der Waals surface area contributed by atoms with Crippen molar-refractivity contribution in [1.82, 2.24) is 0 Å². The average Bonchev–Trinajstić information content (AvgIpc) is 2.45. The molecule has 0 aromatic rings. The molecule has 0 N–H and O–H groups in total. The van der Waals surface area contributed by atoms with E-state index in [0.29, 0.717) is 0 Å². The van der Waals surface area contributed by atoms with E-state index >= 15 is 0 Å². The van der Waals surface area contributed by atoms with E-state index in [1.165, 1.54) is 39.5 Å². The number of rotatable bonds is 12. The standard InChI is InChI=1S/C16H28O6.Na/c1-4-5-6-7-8-9-10-11-14(17)21-13(3)16(20)22-12(2)15(18)19;/h12-13H,4-11H2,1-3H3,(H,18,19);/q;+1/p-1. The van der Waals surface area contributed by atoms with Crippen molar-refractivity contribution in [2.75, 3.05) is 0 Å². The van der Waals surface area contributed by atoms with Crippen molar-refractivity contribution >= 4 is 17.9 Å². The van der Waals surface area contributed by atoms with E-state index < -0.39 is 30.1 Å². The van der Waals surface area contributed by atoms with Crippen LogP contribution in [0.2, 0.25) is 0 Å². The Labute approximate surface area is 160 Å². The molecule has 2 unspecified atom stereocenters. The van der Waals surface area contributed by atoms with E-state index in [0.717, 1.165) is 19.3 Å². The summed E-state index contributed by atoms with van der Waals surface area (Å²) in [6.07, 6.45) is 5.39.